The molecule has 0 unspecified atom stereocenters. The maximum Gasteiger partial charge on any atom is 0.527 e. The third-order valence-electron chi connectivity index (χ3n) is 6.89. The second-order valence-electron chi connectivity index (χ2n) is 8.59. The van der Waals surface area contributed by atoms with Crippen LogP contribution < -0.4 is 14.9 Å². The van der Waals surface area contributed by atoms with Crippen LogP contribution in [-0.2, 0) is 0 Å². The Labute approximate surface area is 190 Å². The maximum absolute atomic E-state index is 6.47. The lowest BCUT2D eigenvalue weighted by atomic mass is 9.66. The zero-order valence-electron chi connectivity index (χ0n) is 17.6. The molecule has 154 valence electrons. The molecule has 0 radical (unpaired) electrons. The number of furan rings is 1. The van der Waals surface area contributed by atoms with Crippen molar-refractivity contribution >= 4 is 45.9 Å². The number of benzene rings is 4. The molecule has 4 nitrogen and oxygen atoms in total. The summed E-state index contributed by atoms with van der Waals surface area (Å²) in [5, 5.41) is 2.51. The maximum atomic E-state index is 6.47. The number of aromatic nitrogens is 1. The van der Waals surface area contributed by atoms with Gasteiger partial charge in [0.2, 0.25) is 0 Å². The molecule has 0 bridgehead atoms. The van der Waals surface area contributed by atoms with Gasteiger partial charge in [0.05, 0.1) is 23.0 Å². The number of hydrogen-bond acceptors (Lipinski definition) is 3. The van der Waals surface area contributed by atoms with Gasteiger partial charge in [0.15, 0.2) is 5.88 Å². The number of hydrogen-bond donors (Lipinski definition) is 0. The van der Waals surface area contributed by atoms with E-state index in [1.807, 2.05) is 6.07 Å². The van der Waals surface area contributed by atoms with Crippen molar-refractivity contribution in [1.29, 1.82) is 0 Å². The Morgan fingerprint density at radius 2 is 1.39 bits per heavy atom. The van der Waals surface area contributed by atoms with Crippen molar-refractivity contribution in [2.75, 3.05) is 4.81 Å². The third-order valence-corrected chi connectivity index (χ3v) is 6.89. The van der Waals surface area contributed by atoms with Gasteiger partial charge in [-0.05, 0) is 47.4 Å². The first-order chi connectivity index (χ1) is 16.4. The number of para-hydroxylation sites is 2. The molecule has 8 rings (SSSR count). The number of anilines is 2. The van der Waals surface area contributed by atoms with Crippen LogP contribution in [0.5, 0.6) is 5.75 Å². The summed E-state index contributed by atoms with van der Waals surface area (Å²) in [7, 11) is -0.233. The van der Waals surface area contributed by atoms with E-state index in [9.17, 15) is 0 Å². The van der Waals surface area contributed by atoms with Crippen molar-refractivity contribution in [3.63, 3.8) is 0 Å². The van der Waals surface area contributed by atoms with Crippen LogP contribution in [0, 0.1) is 0 Å². The Balaban J connectivity index is 1.38. The van der Waals surface area contributed by atoms with Gasteiger partial charge >= 0.3 is 7.05 Å². The fraction of sp³-hybridized carbons (Fsp3) is 0. The second-order valence-corrected chi connectivity index (χ2v) is 8.59. The van der Waals surface area contributed by atoms with E-state index in [4.69, 9.17) is 9.07 Å². The van der Waals surface area contributed by atoms with Crippen molar-refractivity contribution in [2.45, 2.75) is 0 Å². The molecule has 4 aromatic carbocycles. The molecule has 2 aliphatic rings. The van der Waals surface area contributed by atoms with Crippen LogP contribution in [0.2, 0.25) is 0 Å². The average Bonchev–Trinajstić information content (AvgIpc) is 3.57. The molecule has 0 fully saturated rings. The lowest BCUT2D eigenvalue weighted by molar-refractivity contribution is 0.569. The highest BCUT2D eigenvalue weighted by atomic mass is 16.5. The van der Waals surface area contributed by atoms with E-state index in [1.165, 1.54) is 21.8 Å². The van der Waals surface area contributed by atoms with E-state index < -0.39 is 0 Å². The Morgan fingerprint density at radius 1 is 0.667 bits per heavy atom. The Hall–Kier alpha value is -4.38. The summed E-state index contributed by atoms with van der Waals surface area (Å²) in [5.41, 5.74) is 7.92. The van der Waals surface area contributed by atoms with Gasteiger partial charge in [-0.15, -0.1) is 0 Å². The number of nitrogens with zero attached hydrogens (tertiary/aromatic N) is 2. The van der Waals surface area contributed by atoms with Crippen molar-refractivity contribution < 1.29 is 9.07 Å². The molecule has 2 aromatic heterocycles. The minimum Gasteiger partial charge on any atom is -0.536 e. The molecule has 0 spiro atoms. The quantitative estimate of drug-likeness (QED) is 0.291. The minimum absolute atomic E-state index is 0.233. The summed E-state index contributed by atoms with van der Waals surface area (Å²) in [6.07, 6.45) is 1.76. The van der Waals surface area contributed by atoms with Gasteiger partial charge in [-0.25, -0.2) is 0 Å². The van der Waals surface area contributed by atoms with Crippen LogP contribution in [0.15, 0.2) is 108 Å². The smallest absolute Gasteiger partial charge is 0.527 e. The highest BCUT2D eigenvalue weighted by Gasteiger charge is 2.46. The molecule has 4 heterocycles. The molecule has 0 amide bonds. The van der Waals surface area contributed by atoms with E-state index in [0.717, 1.165) is 39.6 Å². The lowest BCUT2D eigenvalue weighted by Gasteiger charge is -2.27. The topological polar surface area (TPSA) is 30.5 Å². The van der Waals surface area contributed by atoms with Gasteiger partial charge < -0.3 is 18.4 Å². The predicted molar refractivity (Wildman–Crippen MR) is 133 cm³/mol. The van der Waals surface area contributed by atoms with Crippen LogP contribution in [-0.4, -0.2) is 11.6 Å². The monoisotopic (exact) mass is 424 g/mol. The molecule has 6 aromatic rings. The minimum atomic E-state index is -0.233. The van der Waals surface area contributed by atoms with E-state index in [1.54, 1.807) is 6.26 Å². The Kier molecular flexibility index (Phi) is 3.19. The fourth-order valence-corrected chi connectivity index (χ4v) is 5.50. The van der Waals surface area contributed by atoms with E-state index >= 15 is 0 Å². The zero-order valence-corrected chi connectivity index (χ0v) is 17.6. The molecular formula is C28H17BN2O2. The molecule has 5 heteroatoms. The van der Waals surface area contributed by atoms with Gasteiger partial charge in [-0.3, -0.25) is 0 Å². The predicted octanol–water partition coefficient (Wildman–Crippen LogP) is 6.28. The Bertz CT molecular complexity index is 1680. The summed E-state index contributed by atoms with van der Waals surface area (Å²) >= 11 is 0. The molecule has 0 saturated carbocycles. The summed E-state index contributed by atoms with van der Waals surface area (Å²) in [4.78, 5) is 2.18. The van der Waals surface area contributed by atoms with Gasteiger partial charge in [0, 0.05) is 22.0 Å². The van der Waals surface area contributed by atoms with Gasteiger partial charge in [-0.1, -0.05) is 60.7 Å². The second kappa shape index (κ2) is 6.11. The van der Waals surface area contributed by atoms with Gasteiger partial charge in [0.1, 0.15) is 5.75 Å². The van der Waals surface area contributed by atoms with Crippen LogP contribution >= 0.6 is 0 Å². The molecule has 0 aliphatic carbocycles. The normalized spacial score (nSPS) is 13.6. The molecule has 0 atom stereocenters. The summed E-state index contributed by atoms with van der Waals surface area (Å²) in [5.74, 6) is 1.69. The van der Waals surface area contributed by atoms with Crippen molar-refractivity contribution in [3.05, 3.63) is 103 Å². The number of fused-ring (bicyclic) bond motifs is 11. The third kappa shape index (κ3) is 2.16. The van der Waals surface area contributed by atoms with E-state index in [2.05, 4.69) is 100 Å². The van der Waals surface area contributed by atoms with Crippen molar-refractivity contribution in [2.24, 2.45) is 0 Å². The highest BCUT2D eigenvalue weighted by molar-refractivity contribution is 6.76. The zero-order chi connectivity index (χ0) is 21.5. The van der Waals surface area contributed by atoms with Crippen molar-refractivity contribution in [1.82, 2.24) is 4.57 Å². The SMILES string of the molecule is c1ccc2c(c1)B1Oc3ccc(-n4c5ccccc5c5ccccc54)cc3N1c1occc1-2. The highest BCUT2D eigenvalue weighted by Crippen LogP contribution is 2.48. The molecule has 0 saturated heterocycles. The van der Waals surface area contributed by atoms with Crippen LogP contribution in [0.1, 0.15) is 0 Å². The van der Waals surface area contributed by atoms with Crippen LogP contribution in [0.25, 0.3) is 38.6 Å². The molecule has 2 aliphatic heterocycles. The summed E-state index contributed by atoms with van der Waals surface area (Å²) in [6, 6.07) is 34.0. The lowest BCUT2D eigenvalue weighted by Crippen LogP contribution is -2.50. The van der Waals surface area contributed by atoms with Gasteiger partial charge in [0.25, 0.3) is 0 Å². The molecule has 0 N–H and O–H groups in total. The summed E-state index contributed by atoms with van der Waals surface area (Å²) in [6.45, 7) is 0. The molecule has 33 heavy (non-hydrogen) atoms. The Morgan fingerprint density at radius 3 is 2.21 bits per heavy atom. The van der Waals surface area contributed by atoms with Crippen LogP contribution in [0.3, 0.4) is 0 Å². The largest absolute Gasteiger partial charge is 0.536 e. The van der Waals surface area contributed by atoms with Crippen LogP contribution in [0.4, 0.5) is 11.6 Å². The first-order valence-corrected chi connectivity index (χ1v) is 11.1. The average molecular weight is 424 g/mol. The number of rotatable bonds is 1. The fourth-order valence-electron chi connectivity index (χ4n) is 5.50. The first kappa shape index (κ1) is 17.2. The van der Waals surface area contributed by atoms with E-state index in [0.29, 0.717) is 0 Å². The van der Waals surface area contributed by atoms with Crippen molar-refractivity contribution in [3.8, 4) is 22.6 Å². The molecular weight excluding hydrogens is 407 g/mol. The first-order valence-electron chi connectivity index (χ1n) is 11.1. The summed E-state index contributed by atoms with van der Waals surface area (Å²) < 4.78 is 14.8. The van der Waals surface area contributed by atoms with E-state index in [-0.39, 0.29) is 7.05 Å². The standard InChI is InChI=1S/C28H17BN2O2/c1-4-10-23-19(7-1)22-15-16-32-28(22)31-26-17-18(13-14-27(26)33-29(23)31)30-24-11-5-2-8-20(24)21-9-3-6-12-25(21)30/h1-17H. The van der Waals surface area contributed by atoms with Gasteiger partial charge in [-0.2, -0.15) is 0 Å².